The number of hydrogen-bond donors (Lipinski definition) is 3. The average molecular weight is 1580 g/mol. The molecule has 0 aromatic heterocycles. The highest BCUT2D eigenvalue weighted by Gasteiger charge is 2.31. The van der Waals surface area contributed by atoms with Crippen molar-refractivity contribution in [3.05, 3.63) is 0 Å². The van der Waals surface area contributed by atoms with Crippen molar-refractivity contribution in [1.29, 1.82) is 0 Å². The van der Waals surface area contributed by atoms with Crippen LogP contribution >= 0.6 is 15.6 Å². The van der Waals surface area contributed by atoms with Gasteiger partial charge in [-0.2, -0.15) is 0 Å². The van der Waals surface area contributed by atoms with Crippen molar-refractivity contribution in [3.8, 4) is 0 Å². The third-order valence-electron chi connectivity index (χ3n) is 21.6. The largest absolute Gasteiger partial charge is 0.472 e. The fraction of sp³-hybridized carbons (Fsp3) is 0.955. The van der Waals surface area contributed by atoms with Crippen LogP contribution in [0.25, 0.3) is 0 Å². The molecule has 17 nitrogen and oxygen atoms in total. The zero-order chi connectivity index (χ0) is 79.3. The van der Waals surface area contributed by atoms with E-state index in [2.05, 4.69) is 48.5 Å². The van der Waals surface area contributed by atoms with Crippen molar-refractivity contribution in [2.45, 2.75) is 491 Å². The van der Waals surface area contributed by atoms with Gasteiger partial charge in [0.25, 0.3) is 0 Å². The molecule has 0 saturated carbocycles. The third kappa shape index (κ3) is 79.3. The Balaban J connectivity index is 5.23. The smallest absolute Gasteiger partial charge is 0.462 e. The molecule has 19 heteroatoms. The van der Waals surface area contributed by atoms with Gasteiger partial charge in [0.05, 0.1) is 26.4 Å². The number of unbranched alkanes of at least 4 members (excludes halogenated alkanes) is 53. The molecule has 0 aliphatic carbocycles. The second-order valence-corrected chi connectivity index (χ2v) is 35.9. The summed E-state index contributed by atoms with van der Waals surface area (Å²) in [6, 6.07) is 0. The molecule has 0 aromatic rings. The molecule has 0 spiro atoms. The van der Waals surface area contributed by atoms with Crippen LogP contribution in [-0.4, -0.2) is 96.7 Å². The lowest BCUT2D eigenvalue weighted by Gasteiger charge is -2.21. The van der Waals surface area contributed by atoms with Gasteiger partial charge in [-0.15, -0.1) is 0 Å². The van der Waals surface area contributed by atoms with Crippen molar-refractivity contribution in [2.75, 3.05) is 39.6 Å². The maximum absolute atomic E-state index is 13.2. The highest BCUT2D eigenvalue weighted by molar-refractivity contribution is 7.47. The number of aliphatic hydroxyl groups is 1. The molecule has 4 unspecified atom stereocenters. The van der Waals surface area contributed by atoms with Gasteiger partial charge in [-0.25, -0.2) is 9.13 Å². The molecule has 3 N–H and O–H groups in total. The molecular formula is C89H174O17P2. The van der Waals surface area contributed by atoms with Crippen LogP contribution in [0.3, 0.4) is 0 Å². The van der Waals surface area contributed by atoms with Crippen LogP contribution in [0.2, 0.25) is 0 Å². The van der Waals surface area contributed by atoms with E-state index in [0.29, 0.717) is 25.7 Å². The summed E-state index contributed by atoms with van der Waals surface area (Å²) in [5, 5.41) is 10.7. The second kappa shape index (κ2) is 78.9. The summed E-state index contributed by atoms with van der Waals surface area (Å²) in [5.41, 5.74) is 0. The number of rotatable bonds is 87. The Labute approximate surface area is 664 Å². The van der Waals surface area contributed by atoms with Crippen molar-refractivity contribution in [3.63, 3.8) is 0 Å². The Bertz CT molecular complexity index is 2080. The Morgan fingerprint density at radius 2 is 0.472 bits per heavy atom. The predicted molar refractivity (Wildman–Crippen MR) is 446 cm³/mol. The zero-order valence-corrected chi connectivity index (χ0v) is 73.1. The molecule has 0 radical (unpaired) electrons. The molecule has 0 aromatic carbocycles. The first-order valence-electron chi connectivity index (χ1n) is 45.9. The van der Waals surface area contributed by atoms with E-state index in [-0.39, 0.29) is 25.7 Å². The first-order valence-corrected chi connectivity index (χ1v) is 48.9. The Morgan fingerprint density at radius 1 is 0.269 bits per heavy atom. The van der Waals surface area contributed by atoms with E-state index >= 15 is 0 Å². The Hall–Kier alpha value is -1.94. The number of carbonyl (C=O) groups excluding carboxylic acids is 4. The van der Waals surface area contributed by atoms with Gasteiger partial charge in [0.1, 0.15) is 19.3 Å². The summed E-state index contributed by atoms with van der Waals surface area (Å²) in [6.07, 6.45) is 70.9. The van der Waals surface area contributed by atoms with E-state index in [1.54, 1.807) is 0 Å². The Kier molecular flexibility index (Phi) is 77.5. The summed E-state index contributed by atoms with van der Waals surface area (Å²) < 4.78 is 69.0. The number of phosphoric acid groups is 2. The van der Waals surface area contributed by atoms with Crippen LogP contribution in [0.15, 0.2) is 0 Å². The molecule has 0 aliphatic heterocycles. The highest BCUT2D eigenvalue weighted by Crippen LogP contribution is 2.45. The summed E-state index contributed by atoms with van der Waals surface area (Å²) in [6.45, 7) is 12.1. The maximum atomic E-state index is 13.2. The van der Waals surface area contributed by atoms with E-state index in [0.717, 1.165) is 114 Å². The van der Waals surface area contributed by atoms with Gasteiger partial charge in [-0.3, -0.25) is 37.3 Å². The van der Waals surface area contributed by atoms with Gasteiger partial charge >= 0.3 is 39.5 Å². The molecule has 0 saturated heterocycles. The molecule has 0 heterocycles. The van der Waals surface area contributed by atoms with Crippen LogP contribution in [0.5, 0.6) is 0 Å². The lowest BCUT2D eigenvalue weighted by Crippen LogP contribution is -2.30. The molecule has 108 heavy (non-hydrogen) atoms. The summed E-state index contributed by atoms with van der Waals surface area (Å²) in [7, 11) is -9.93. The van der Waals surface area contributed by atoms with E-state index in [4.69, 9.17) is 37.0 Å². The number of hydrogen-bond acceptors (Lipinski definition) is 15. The van der Waals surface area contributed by atoms with E-state index < -0.39 is 97.5 Å². The van der Waals surface area contributed by atoms with Gasteiger partial charge in [0.2, 0.25) is 0 Å². The fourth-order valence-corrected chi connectivity index (χ4v) is 15.4. The Morgan fingerprint density at radius 3 is 0.704 bits per heavy atom. The van der Waals surface area contributed by atoms with Crippen molar-refractivity contribution >= 4 is 39.5 Å². The molecule has 0 amide bonds. The standard InChI is InChI=1S/C89H174O17P2/c1-8-11-12-13-14-15-16-17-18-19-23-28-34-39-44-49-58-66-73-89(94)106-85(77-100-87(92)71-64-57-52-51-55-62-69-82(7)10-3)79-104-108(97,98)102-75-83(90)74-101-107(95,96)103-78-84(76-99-86(91)70-63-56-48-43-38-33-30-25-26-31-36-41-46-53-60-67-80(4)5)105-88(93)72-65-59-50-45-40-35-29-24-21-20-22-27-32-37-42-47-54-61-68-81(6)9-2/h80-85,90H,8-79H2,1-7H3,(H,95,96)(H,97,98)/t81?,82?,83-,84-,85-/m1/s1. The summed E-state index contributed by atoms with van der Waals surface area (Å²) in [5.74, 6) is 0.306. The molecule has 7 atom stereocenters. The van der Waals surface area contributed by atoms with Crippen LogP contribution in [-0.2, 0) is 65.4 Å². The van der Waals surface area contributed by atoms with Crippen molar-refractivity contribution < 1.29 is 80.2 Å². The second-order valence-electron chi connectivity index (χ2n) is 32.9. The molecule has 0 aliphatic rings. The van der Waals surface area contributed by atoms with E-state index in [9.17, 15) is 43.2 Å². The predicted octanol–water partition coefficient (Wildman–Crippen LogP) is 27.3. The van der Waals surface area contributed by atoms with Crippen LogP contribution < -0.4 is 0 Å². The van der Waals surface area contributed by atoms with Crippen LogP contribution in [0, 0.1) is 17.8 Å². The topological polar surface area (TPSA) is 237 Å². The number of esters is 4. The molecule has 0 fully saturated rings. The van der Waals surface area contributed by atoms with Gasteiger partial charge in [0, 0.05) is 25.7 Å². The normalized spacial score (nSPS) is 14.3. The maximum Gasteiger partial charge on any atom is 0.472 e. The molecule has 0 rings (SSSR count). The third-order valence-corrected chi connectivity index (χ3v) is 23.5. The molecular weight excluding hydrogens is 1400 g/mol. The van der Waals surface area contributed by atoms with Crippen LogP contribution in [0.4, 0.5) is 0 Å². The van der Waals surface area contributed by atoms with Crippen molar-refractivity contribution in [2.24, 2.45) is 17.8 Å². The quantitative estimate of drug-likeness (QED) is 0.0222. The fourth-order valence-electron chi connectivity index (χ4n) is 13.8. The van der Waals surface area contributed by atoms with Crippen molar-refractivity contribution in [1.82, 2.24) is 0 Å². The monoisotopic (exact) mass is 1580 g/mol. The minimum absolute atomic E-state index is 0.108. The lowest BCUT2D eigenvalue weighted by molar-refractivity contribution is -0.161. The first-order chi connectivity index (χ1) is 52.3. The van der Waals surface area contributed by atoms with Gasteiger partial charge in [0.15, 0.2) is 12.2 Å². The minimum Gasteiger partial charge on any atom is -0.462 e. The average Bonchev–Trinajstić information content (AvgIpc) is 0.895. The van der Waals surface area contributed by atoms with Gasteiger partial charge < -0.3 is 33.8 Å². The summed E-state index contributed by atoms with van der Waals surface area (Å²) in [4.78, 5) is 73.3. The SMILES string of the molecule is CCCCCCCCCCCCCCCCCCCCC(=O)O[C@H](COC(=O)CCCCCCCCC(C)CC)COP(=O)(O)OC[C@H](O)COP(=O)(O)OC[C@@H](COC(=O)CCCCCCCCCCCCCCCCCC(C)C)OC(=O)CCCCCCCCCCCCCCCCCCCCC(C)CC. The van der Waals surface area contributed by atoms with E-state index in [1.165, 1.54) is 276 Å². The highest BCUT2D eigenvalue weighted by atomic mass is 31.2. The number of phosphoric ester groups is 2. The van der Waals surface area contributed by atoms with Gasteiger partial charge in [-0.05, 0) is 43.4 Å². The summed E-state index contributed by atoms with van der Waals surface area (Å²) >= 11 is 0. The lowest BCUT2D eigenvalue weighted by atomic mass is 9.99. The van der Waals surface area contributed by atoms with E-state index in [1.807, 2.05) is 0 Å². The molecule has 0 bridgehead atoms. The molecule has 642 valence electrons. The van der Waals surface area contributed by atoms with Crippen LogP contribution in [0.1, 0.15) is 472 Å². The first kappa shape index (κ1) is 106. The number of ether oxygens (including phenoxy) is 4. The zero-order valence-electron chi connectivity index (χ0n) is 71.3. The number of carbonyl (C=O) groups is 4. The minimum atomic E-state index is -4.97. The van der Waals surface area contributed by atoms with Gasteiger partial charge in [-0.1, -0.05) is 421 Å². The number of aliphatic hydroxyl groups excluding tert-OH is 1.